The molecule has 2 aromatic carbocycles. The number of ether oxygens (including phenoxy) is 1. The van der Waals surface area contributed by atoms with E-state index >= 15 is 0 Å². The van der Waals surface area contributed by atoms with Crippen LogP contribution in [0.25, 0.3) is 0 Å². The fourth-order valence-corrected chi connectivity index (χ4v) is 3.25. The van der Waals surface area contributed by atoms with Crippen molar-refractivity contribution < 1.29 is 31.9 Å². The Hall–Kier alpha value is -2.81. The number of fused-ring (bicyclic) bond motifs is 1. The average Bonchev–Trinajstić information content (AvgIpc) is 2.70. The first-order valence-electron chi connectivity index (χ1n) is 8.46. The van der Waals surface area contributed by atoms with Crippen LogP contribution in [0.5, 0.6) is 5.75 Å². The Morgan fingerprint density at radius 1 is 1.14 bits per heavy atom. The third-order valence-corrected chi connectivity index (χ3v) is 4.58. The van der Waals surface area contributed by atoms with Gasteiger partial charge in [0.2, 0.25) is 5.91 Å². The van der Waals surface area contributed by atoms with Crippen molar-refractivity contribution in [2.75, 3.05) is 17.3 Å². The lowest BCUT2D eigenvalue weighted by Gasteiger charge is -2.42. The zero-order valence-corrected chi connectivity index (χ0v) is 15.5. The Kier molecular flexibility index (Phi) is 5.97. The number of rotatable bonds is 4. The Morgan fingerprint density at radius 3 is 2.45 bits per heavy atom. The number of alkyl halides is 4. The van der Waals surface area contributed by atoms with E-state index in [4.69, 9.17) is 16.3 Å². The third kappa shape index (κ3) is 4.45. The van der Waals surface area contributed by atoms with Crippen LogP contribution in [0.1, 0.15) is 11.7 Å². The first kappa shape index (κ1) is 20.9. The van der Waals surface area contributed by atoms with Gasteiger partial charge in [-0.3, -0.25) is 14.5 Å². The molecular weight excluding hydrogens is 416 g/mol. The number of carbonyl (C=O) groups excluding carboxylic acids is 2. The molecule has 0 fully saturated rings. The Morgan fingerprint density at radius 2 is 1.83 bits per heavy atom. The molecule has 2 amide bonds. The van der Waals surface area contributed by atoms with Crippen LogP contribution in [0.3, 0.4) is 0 Å². The van der Waals surface area contributed by atoms with Gasteiger partial charge < -0.3 is 10.1 Å². The van der Waals surface area contributed by atoms with E-state index in [1.165, 1.54) is 6.07 Å². The highest BCUT2D eigenvalue weighted by molar-refractivity contribution is 6.29. The number of halogens is 5. The molecule has 29 heavy (non-hydrogen) atoms. The number of nitrogens with zero attached hydrogens (tertiary/aromatic N) is 1. The van der Waals surface area contributed by atoms with E-state index in [2.05, 4.69) is 0 Å². The van der Waals surface area contributed by atoms with Crippen molar-refractivity contribution in [1.29, 1.82) is 0 Å². The fraction of sp³-hybridized carbons (Fsp3) is 0.263. The van der Waals surface area contributed by atoms with Crippen LogP contribution in [0.2, 0.25) is 0 Å². The quantitative estimate of drug-likeness (QED) is 0.596. The summed E-state index contributed by atoms with van der Waals surface area (Å²) in [4.78, 5) is 25.0. The van der Waals surface area contributed by atoms with Gasteiger partial charge in [-0.25, -0.2) is 4.39 Å². The van der Waals surface area contributed by atoms with Crippen molar-refractivity contribution in [2.24, 2.45) is 0 Å². The minimum Gasteiger partial charge on any atom is -0.481 e. The maximum Gasteiger partial charge on any atom is 0.471 e. The summed E-state index contributed by atoms with van der Waals surface area (Å²) in [6.07, 6.45) is -6.02. The molecule has 1 aliphatic heterocycles. The Bertz CT molecular complexity index is 908. The summed E-state index contributed by atoms with van der Waals surface area (Å²) in [6, 6.07) is 10.8. The van der Waals surface area contributed by atoms with Crippen molar-refractivity contribution in [3.63, 3.8) is 0 Å². The van der Waals surface area contributed by atoms with E-state index in [0.29, 0.717) is 5.56 Å². The molecule has 5 nitrogen and oxygen atoms in total. The molecule has 0 aromatic heterocycles. The normalized spacial score (nSPS) is 18.6. The standard InChI is InChI=1S/C19H15ClF4N2O3/c20-9-16(27)26-13-8-12(21)6-7-15(13)29-17(11-4-2-1-3-5-11)14(26)10-25-18(28)19(22,23)24/h1-8,14,17H,9-10H2,(H,25,28). The van der Waals surface area contributed by atoms with Crippen LogP contribution in [-0.2, 0) is 9.59 Å². The molecule has 0 saturated heterocycles. The molecule has 0 radical (unpaired) electrons. The molecule has 2 unspecified atom stereocenters. The highest BCUT2D eigenvalue weighted by atomic mass is 35.5. The average molecular weight is 431 g/mol. The zero-order valence-electron chi connectivity index (χ0n) is 14.7. The van der Waals surface area contributed by atoms with Gasteiger partial charge in [-0.2, -0.15) is 13.2 Å². The first-order valence-corrected chi connectivity index (χ1v) is 9.00. The molecule has 0 bridgehead atoms. The van der Waals surface area contributed by atoms with Crippen LogP contribution >= 0.6 is 11.6 Å². The minimum atomic E-state index is -5.09. The van der Waals surface area contributed by atoms with E-state index in [9.17, 15) is 27.2 Å². The van der Waals surface area contributed by atoms with Gasteiger partial charge in [0.25, 0.3) is 0 Å². The molecule has 3 rings (SSSR count). The van der Waals surface area contributed by atoms with Crippen LogP contribution in [0.4, 0.5) is 23.2 Å². The molecule has 1 aliphatic rings. The number of benzene rings is 2. The van der Waals surface area contributed by atoms with Crippen LogP contribution in [0, 0.1) is 5.82 Å². The predicted molar refractivity (Wildman–Crippen MR) is 97.3 cm³/mol. The molecule has 10 heteroatoms. The third-order valence-electron chi connectivity index (χ3n) is 4.36. The van der Waals surface area contributed by atoms with E-state index in [-0.39, 0.29) is 11.4 Å². The van der Waals surface area contributed by atoms with Gasteiger partial charge in [0, 0.05) is 12.6 Å². The van der Waals surface area contributed by atoms with Crippen molar-refractivity contribution in [1.82, 2.24) is 5.32 Å². The number of hydrogen-bond donors (Lipinski definition) is 1. The van der Waals surface area contributed by atoms with Crippen molar-refractivity contribution in [3.8, 4) is 5.75 Å². The summed E-state index contributed by atoms with van der Waals surface area (Å²) in [6.45, 7) is -0.587. The van der Waals surface area contributed by atoms with Gasteiger partial charge in [0.05, 0.1) is 11.7 Å². The lowest BCUT2D eigenvalue weighted by Crippen LogP contribution is -2.55. The lowest BCUT2D eigenvalue weighted by molar-refractivity contribution is -0.173. The van der Waals surface area contributed by atoms with Crippen molar-refractivity contribution >= 4 is 29.1 Å². The monoisotopic (exact) mass is 430 g/mol. The number of amides is 2. The van der Waals surface area contributed by atoms with Gasteiger partial charge in [0.1, 0.15) is 23.6 Å². The van der Waals surface area contributed by atoms with Gasteiger partial charge in [-0.1, -0.05) is 30.3 Å². The predicted octanol–water partition coefficient (Wildman–Crippen LogP) is 3.58. The lowest BCUT2D eigenvalue weighted by atomic mass is 9.97. The van der Waals surface area contributed by atoms with Crippen LogP contribution in [-0.4, -0.2) is 36.5 Å². The van der Waals surface area contributed by atoms with E-state index in [1.807, 2.05) is 0 Å². The van der Waals surface area contributed by atoms with E-state index < -0.39 is 48.4 Å². The molecule has 0 spiro atoms. The van der Waals surface area contributed by atoms with Crippen LogP contribution < -0.4 is 15.0 Å². The molecule has 1 heterocycles. The van der Waals surface area contributed by atoms with Crippen molar-refractivity contribution in [3.05, 3.63) is 59.9 Å². The first-order chi connectivity index (χ1) is 13.7. The molecule has 1 N–H and O–H groups in total. The molecule has 0 aliphatic carbocycles. The second kappa shape index (κ2) is 8.28. The molecule has 2 atom stereocenters. The fourth-order valence-electron chi connectivity index (χ4n) is 3.12. The van der Waals surface area contributed by atoms with E-state index in [0.717, 1.165) is 17.0 Å². The smallest absolute Gasteiger partial charge is 0.471 e. The van der Waals surface area contributed by atoms with Gasteiger partial charge in [-0.15, -0.1) is 11.6 Å². The number of carbonyl (C=O) groups is 2. The number of nitrogens with one attached hydrogen (secondary N) is 1. The summed E-state index contributed by atoms with van der Waals surface area (Å²) in [5.74, 6) is -3.84. The summed E-state index contributed by atoms with van der Waals surface area (Å²) in [5, 5.41) is 1.77. The summed E-state index contributed by atoms with van der Waals surface area (Å²) >= 11 is 5.69. The van der Waals surface area contributed by atoms with Gasteiger partial charge in [0.15, 0.2) is 0 Å². The second-order valence-electron chi connectivity index (χ2n) is 6.23. The SMILES string of the molecule is O=C(CCl)N1c2cc(F)ccc2OC(c2ccccc2)C1CNC(=O)C(F)(F)F. The van der Waals surface area contributed by atoms with Gasteiger partial charge >= 0.3 is 12.1 Å². The summed E-state index contributed by atoms with van der Waals surface area (Å²) < 4.78 is 57.6. The number of anilines is 1. The molecule has 154 valence electrons. The highest BCUT2D eigenvalue weighted by Gasteiger charge is 2.43. The Labute approximate surface area is 168 Å². The maximum absolute atomic E-state index is 13.8. The van der Waals surface area contributed by atoms with Gasteiger partial charge in [-0.05, 0) is 17.7 Å². The topological polar surface area (TPSA) is 58.6 Å². The zero-order chi connectivity index (χ0) is 21.2. The van der Waals surface area contributed by atoms with Crippen LogP contribution in [0.15, 0.2) is 48.5 Å². The van der Waals surface area contributed by atoms with E-state index in [1.54, 1.807) is 35.6 Å². The van der Waals surface area contributed by atoms with Crippen molar-refractivity contribution in [2.45, 2.75) is 18.3 Å². The highest BCUT2D eigenvalue weighted by Crippen LogP contribution is 2.42. The summed E-state index contributed by atoms with van der Waals surface area (Å²) in [7, 11) is 0. The maximum atomic E-state index is 13.8. The molecule has 0 saturated carbocycles. The largest absolute Gasteiger partial charge is 0.481 e. The number of hydrogen-bond acceptors (Lipinski definition) is 3. The molecule has 2 aromatic rings. The second-order valence-corrected chi connectivity index (χ2v) is 6.50. The molecular formula is C19H15ClF4N2O3. The minimum absolute atomic E-state index is 0.0223. The Balaban J connectivity index is 2.05. The summed E-state index contributed by atoms with van der Waals surface area (Å²) in [5.41, 5.74) is 0.579.